The highest BCUT2D eigenvalue weighted by molar-refractivity contribution is 8.52. The number of hydrogen-bond donors (Lipinski definition) is 2. The van der Waals surface area contributed by atoms with Gasteiger partial charge in [-0.1, -0.05) is 18.2 Å². The maximum absolute atomic E-state index is 8.59. The SMILES string of the molecule is OP(O)Sc1ccccc1. The van der Waals surface area contributed by atoms with Gasteiger partial charge in [0, 0.05) is 4.90 Å². The summed E-state index contributed by atoms with van der Waals surface area (Å²) in [6.07, 6.45) is 0. The van der Waals surface area contributed by atoms with Crippen molar-refractivity contribution in [2.24, 2.45) is 0 Å². The van der Waals surface area contributed by atoms with E-state index < -0.39 is 7.58 Å². The molecule has 0 unspecified atom stereocenters. The van der Waals surface area contributed by atoms with E-state index in [1.807, 2.05) is 30.3 Å². The topological polar surface area (TPSA) is 40.5 Å². The summed E-state index contributed by atoms with van der Waals surface area (Å²) in [5.74, 6) is 0. The van der Waals surface area contributed by atoms with Gasteiger partial charge in [-0.05, 0) is 23.5 Å². The molecule has 2 N–H and O–H groups in total. The lowest BCUT2D eigenvalue weighted by Gasteiger charge is -1.99. The lowest BCUT2D eigenvalue weighted by Crippen LogP contribution is -1.66. The maximum Gasteiger partial charge on any atom is 0.237 e. The van der Waals surface area contributed by atoms with E-state index in [0.717, 1.165) is 16.3 Å². The third kappa shape index (κ3) is 2.67. The van der Waals surface area contributed by atoms with Crippen molar-refractivity contribution in [3.05, 3.63) is 30.3 Å². The molecular formula is C6H7O2PS. The van der Waals surface area contributed by atoms with E-state index in [9.17, 15) is 0 Å². The van der Waals surface area contributed by atoms with Crippen molar-refractivity contribution >= 4 is 19.0 Å². The van der Waals surface area contributed by atoms with Gasteiger partial charge in [0.15, 0.2) is 0 Å². The lowest BCUT2D eigenvalue weighted by atomic mass is 10.4. The summed E-state index contributed by atoms with van der Waals surface area (Å²) >= 11 is 1.07. The Bertz CT molecular complexity index is 190. The third-order valence-electron chi connectivity index (χ3n) is 0.930. The highest BCUT2D eigenvalue weighted by atomic mass is 32.7. The average Bonchev–Trinajstić information content (AvgIpc) is 1.88. The van der Waals surface area contributed by atoms with Crippen molar-refractivity contribution in [3.8, 4) is 0 Å². The van der Waals surface area contributed by atoms with E-state index >= 15 is 0 Å². The Morgan fingerprint density at radius 1 is 1.10 bits per heavy atom. The molecule has 54 valence electrons. The lowest BCUT2D eigenvalue weighted by molar-refractivity contribution is 0.505. The van der Waals surface area contributed by atoms with Gasteiger partial charge in [0.2, 0.25) is 7.58 Å². The normalized spacial score (nSPS) is 10.3. The fourth-order valence-corrected chi connectivity index (χ4v) is 1.97. The fourth-order valence-electron chi connectivity index (χ4n) is 0.576. The van der Waals surface area contributed by atoms with E-state index in [2.05, 4.69) is 0 Å². The summed E-state index contributed by atoms with van der Waals surface area (Å²) < 4.78 is 0. The summed E-state index contributed by atoms with van der Waals surface area (Å²) in [5.41, 5.74) is 0. The Morgan fingerprint density at radius 3 is 2.20 bits per heavy atom. The monoisotopic (exact) mass is 174 g/mol. The van der Waals surface area contributed by atoms with Crippen LogP contribution in [0.25, 0.3) is 0 Å². The zero-order valence-corrected chi connectivity index (χ0v) is 6.85. The molecule has 0 radical (unpaired) electrons. The van der Waals surface area contributed by atoms with Gasteiger partial charge in [-0.2, -0.15) is 0 Å². The molecule has 0 bridgehead atoms. The van der Waals surface area contributed by atoms with Gasteiger partial charge in [-0.15, -0.1) is 0 Å². The molecule has 4 heteroatoms. The summed E-state index contributed by atoms with van der Waals surface area (Å²) in [6.45, 7) is 0. The second-order valence-corrected chi connectivity index (χ2v) is 4.34. The van der Waals surface area contributed by atoms with Gasteiger partial charge in [0.05, 0.1) is 0 Å². The first kappa shape index (κ1) is 8.02. The smallest absolute Gasteiger partial charge is 0.237 e. The molecule has 1 rings (SSSR count). The summed E-state index contributed by atoms with van der Waals surface area (Å²) in [6, 6.07) is 9.29. The van der Waals surface area contributed by atoms with Crippen LogP contribution < -0.4 is 0 Å². The third-order valence-corrected chi connectivity index (χ3v) is 2.70. The molecule has 0 heterocycles. The molecule has 0 spiro atoms. The first-order chi connectivity index (χ1) is 4.79. The fraction of sp³-hybridized carbons (Fsp3) is 0. The molecule has 0 fully saturated rings. The van der Waals surface area contributed by atoms with Gasteiger partial charge in [-0.3, -0.25) is 0 Å². The van der Waals surface area contributed by atoms with Crippen LogP contribution in [0.2, 0.25) is 0 Å². The largest absolute Gasteiger partial charge is 0.342 e. The maximum atomic E-state index is 8.59. The summed E-state index contributed by atoms with van der Waals surface area (Å²) in [4.78, 5) is 18.1. The Labute approximate surface area is 64.6 Å². The summed E-state index contributed by atoms with van der Waals surface area (Å²) in [7, 11) is -1.86. The van der Waals surface area contributed by atoms with Crippen molar-refractivity contribution in [1.29, 1.82) is 0 Å². The minimum atomic E-state index is -1.86. The molecule has 0 aromatic heterocycles. The Kier molecular flexibility index (Phi) is 3.16. The van der Waals surface area contributed by atoms with Gasteiger partial charge in [0.25, 0.3) is 0 Å². The van der Waals surface area contributed by atoms with Crippen LogP contribution in [0.4, 0.5) is 0 Å². The predicted molar refractivity (Wildman–Crippen MR) is 43.7 cm³/mol. The molecular weight excluding hydrogens is 167 g/mol. The second kappa shape index (κ2) is 3.94. The minimum Gasteiger partial charge on any atom is -0.342 e. The Morgan fingerprint density at radius 2 is 1.70 bits per heavy atom. The van der Waals surface area contributed by atoms with Crippen LogP contribution in [-0.2, 0) is 0 Å². The zero-order chi connectivity index (χ0) is 7.40. The highest BCUT2D eigenvalue weighted by Gasteiger charge is 1.99. The van der Waals surface area contributed by atoms with E-state index in [1.54, 1.807) is 0 Å². The quantitative estimate of drug-likeness (QED) is 0.673. The molecule has 0 saturated heterocycles. The van der Waals surface area contributed by atoms with Crippen LogP contribution in [0, 0.1) is 0 Å². The first-order valence-electron chi connectivity index (χ1n) is 2.70. The molecule has 0 atom stereocenters. The van der Waals surface area contributed by atoms with E-state index in [4.69, 9.17) is 9.79 Å². The minimum absolute atomic E-state index is 0.888. The predicted octanol–water partition coefficient (Wildman–Crippen LogP) is 1.99. The molecule has 0 aliphatic carbocycles. The van der Waals surface area contributed by atoms with Crippen LogP contribution in [0.3, 0.4) is 0 Å². The molecule has 1 aromatic carbocycles. The summed E-state index contributed by atoms with van der Waals surface area (Å²) in [5, 5.41) is 0. The van der Waals surface area contributed by atoms with Gasteiger partial charge >= 0.3 is 0 Å². The van der Waals surface area contributed by atoms with E-state index in [0.29, 0.717) is 0 Å². The van der Waals surface area contributed by atoms with Crippen molar-refractivity contribution in [2.75, 3.05) is 0 Å². The number of hydrogen-bond acceptors (Lipinski definition) is 3. The van der Waals surface area contributed by atoms with Crippen molar-refractivity contribution in [1.82, 2.24) is 0 Å². The van der Waals surface area contributed by atoms with Crippen molar-refractivity contribution in [2.45, 2.75) is 4.90 Å². The molecule has 0 amide bonds. The standard InChI is InChI=1S/C6H7O2PS/c7-9(8)10-6-4-2-1-3-5-6/h1-5,7-8H. The average molecular weight is 174 g/mol. The second-order valence-electron chi connectivity index (χ2n) is 1.66. The van der Waals surface area contributed by atoms with E-state index in [1.165, 1.54) is 0 Å². The van der Waals surface area contributed by atoms with Crippen LogP contribution in [-0.4, -0.2) is 9.79 Å². The molecule has 2 nitrogen and oxygen atoms in total. The Balaban J connectivity index is 2.59. The molecule has 10 heavy (non-hydrogen) atoms. The zero-order valence-electron chi connectivity index (χ0n) is 5.14. The van der Waals surface area contributed by atoms with Crippen LogP contribution in [0.15, 0.2) is 35.2 Å². The highest BCUT2D eigenvalue weighted by Crippen LogP contribution is 2.45. The first-order valence-corrected chi connectivity index (χ1v) is 5.37. The number of rotatable bonds is 2. The van der Waals surface area contributed by atoms with Crippen LogP contribution in [0.1, 0.15) is 0 Å². The Hall–Kier alpha value is -0.0800. The van der Waals surface area contributed by atoms with Gasteiger partial charge in [0.1, 0.15) is 0 Å². The molecule has 0 saturated carbocycles. The molecule has 1 aromatic rings. The molecule has 0 aliphatic heterocycles. The van der Waals surface area contributed by atoms with E-state index in [-0.39, 0.29) is 0 Å². The van der Waals surface area contributed by atoms with Crippen molar-refractivity contribution in [3.63, 3.8) is 0 Å². The van der Waals surface area contributed by atoms with Gasteiger partial charge < -0.3 is 9.79 Å². The van der Waals surface area contributed by atoms with Crippen LogP contribution in [0.5, 0.6) is 0 Å². The molecule has 0 aliphatic rings. The van der Waals surface area contributed by atoms with Crippen molar-refractivity contribution < 1.29 is 9.79 Å². The number of benzene rings is 1. The van der Waals surface area contributed by atoms with Gasteiger partial charge in [-0.25, -0.2) is 0 Å². The van der Waals surface area contributed by atoms with Crippen LogP contribution >= 0.6 is 19.0 Å².